The Kier molecular flexibility index (Phi) is 4.95. The van der Waals surface area contributed by atoms with E-state index in [1.807, 2.05) is 30.3 Å². The van der Waals surface area contributed by atoms with E-state index in [4.69, 9.17) is 0 Å². The number of nitriles is 1. The molecular formula is C25H18FN3O2S. The second-order valence-corrected chi connectivity index (χ2v) is 8.96. The molecule has 1 fully saturated rings. The van der Waals surface area contributed by atoms with Gasteiger partial charge in [0.15, 0.2) is 4.87 Å². The smallest absolute Gasteiger partial charge is 0.268 e. The molecule has 1 spiro atoms. The van der Waals surface area contributed by atoms with Crippen LogP contribution in [-0.2, 0) is 16.2 Å². The molecule has 0 aliphatic carbocycles. The Balaban J connectivity index is 1.56. The fourth-order valence-corrected chi connectivity index (χ4v) is 5.86. The van der Waals surface area contributed by atoms with E-state index in [1.165, 1.54) is 36.0 Å². The minimum absolute atomic E-state index is 0.181. The van der Waals surface area contributed by atoms with Crippen molar-refractivity contribution >= 4 is 29.3 Å². The lowest BCUT2D eigenvalue weighted by atomic mass is 10.0. The van der Waals surface area contributed by atoms with Crippen LogP contribution in [0.3, 0.4) is 0 Å². The third-order valence-electron chi connectivity index (χ3n) is 5.83. The first kappa shape index (κ1) is 20.3. The molecule has 5 rings (SSSR count). The summed E-state index contributed by atoms with van der Waals surface area (Å²) < 4.78 is 13.4. The van der Waals surface area contributed by atoms with Gasteiger partial charge in [0.2, 0.25) is 0 Å². The molecule has 7 heteroatoms. The summed E-state index contributed by atoms with van der Waals surface area (Å²) in [5.74, 6) is -0.282. The van der Waals surface area contributed by atoms with Gasteiger partial charge in [-0.25, -0.2) is 4.39 Å². The van der Waals surface area contributed by atoms with E-state index < -0.39 is 10.7 Å². The summed E-state index contributed by atoms with van der Waals surface area (Å²) in [6.45, 7) is 0.713. The molecule has 0 radical (unpaired) electrons. The predicted molar refractivity (Wildman–Crippen MR) is 120 cm³/mol. The Morgan fingerprint density at radius 1 is 1.09 bits per heavy atom. The Labute approximate surface area is 189 Å². The number of carbonyl (C=O) groups is 2. The van der Waals surface area contributed by atoms with Crippen molar-refractivity contribution in [2.24, 2.45) is 0 Å². The van der Waals surface area contributed by atoms with Crippen molar-refractivity contribution in [2.75, 3.05) is 17.2 Å². The topological polar surface area (TPSA) is 64.4 Å². The summed E-state index contributed by atoms with van der Waals surface area (Å²) in [6, 6.07) is 22.2. The van der Waals surface area contributed by atoms with Crippen LogP contribution in [0.25, 0.3) is 0 Å². The molecule has 2 aliphatic rings. The molecule has 1 saturated heterocycles. The third kappa shape index (κ3) is 3.07. The van der Waals surface area contributed by atoms with Crippen molar-refractivity contribution in [3.05, 3.63) is 101 Å². The van der Waals surface area contributed by atoms with Crippen LogP contribution in [0, 0.1) is 17.1 Å². The van der Waals surface area contributed by atoms with Gasteiger partial charge in [0.05, 0.1) is 23.9 Å². The standard InChI is InChI=1S/C25H18FN3O2S/c26-20-10-8-19(9-11-20)23(30)29-12-13-32-25(29)21-6-1-2-7-22(21)28(24(25)31)16-18-5-3-4-17(14-18)15-27/h1-11,14H,12-13,16H2/t25-/m0/s1. The monoisotopic (exact) mass is 443 g/mol. The maximum Gasteiger partial charge on any atom is 0.268 e. The molecule has 2 heterocycles. The van der Waals surface area contributed by atoms with Crippen molar-refractivity contribution < 1.29 is 14.0 Å². The van der Waals surface area contributed by atoms with Crippen LogP contribution in [0.2, 0.25) is 0 Å². The van der Waals surface area contributed by atoms with Crippen molar-refractivity contribution in [2.45, 2.75) is 11.4 Å². The minimum atomic E-state index is -1.16. The normalized spacial score (nSPS) is 19.3. The number of nitrogens with zero attached hydrogens (tertiary/aromatic N) is 3. The number of carbonyl (C=O) groups excluding carboxylic acids is 2. The molecule has 32 heavy (non-hydrogen) atoms. The number of halogens is 1. The number of hydrogen-bond donors (Lipinski definition) is 0. The summed E-state index contributed by atoms with van der Waals surface area (Å²) in [5.41, 5.74) is 3.24. The quantitative estimate of drug-likeness (QED) is 0.606. The van der Waals surface area contributed by atoms with E-state index >= 15 is 0 Å². The van der Waals surface area contributed by atoms with E-state index in [0.717, 1.165) is 16.8 Å². The van der Waals surface area contributed by atoms with E-state index in [2.05, 4.69) is 6.07 Å². The number of anilines is 1. The molecule has 2 amide bonds. The van der Waals surface area contributed by atoms with Gasteiger partial charge >= 0.3 is 0 Å². The highest BCUT2D eigenvalue weighted by atomic mass is 32.2. The first-order chi connectivity index (χ1) is 15.5. The highest BCUT2D eigenvalue weighted by Gasteiger charge is 2.59. The number of hydrogen-bond acceptors (Lipinski definition) is 4. The fraction of sp³-hybridized carbons (Fsp3) is 0.160. The molecule has 158 valence electrons. The minimum Gasteiger partial charge on any atom is -0.311 e. The number of para-hydroxylation sites is 1. The van der Waals surface area contributed by atoms with Gasteiger partial charge in [0.25, 0.3) is 11.8 Å². The Morgan fingerprint density at radius 2 is 1.88 bits per heavy atom. The van der Waals surface area contributed by atoms with E-state index in [-0.39, 0.29) is 11.8 Å². The molecule has 0 N–H and O–H groups in total. The second kappa shape index (κ2) is 7.81. The van der Waals surface area contributed by atoms with Crippen LogP contribution in [0.15, 0.2) is 72.8 Å². The number of thioether (sulfide) groups is 1. The molecule has 3 aromatic rings. The molecule has 5 nitrogen and oxygen atoms in total. The molecule has 3 aromatic carbocycles. The average molecular weight is 444 g/mol. The number of amides is 2. The van der Waals surface area contributed by atoms with Crippen LogP contribution in [-0.4, -0.2) is 29.0 Å². The fourth-order valence-electron chi connectivity index (χ4n) is 4.40. The molecule has 0 bridgehead atoms. The van der Waals surface area contributed by atoms with Crippen LogP contribution >= 0.6 is 11.8 Å². The van der Waals surface area contributed by atoms with Crippen LogP contribution in [0.1, 0.15) is 27.0 Å². The van der Waals surface area contributed by atoms with Gasteiger partial charge in [-0.2, -0.15) is 5.26 Å². The predicted octanol–water partition coefficient (Wildman–Crippen LogP) is 4.29. The maximum absolute atomic E-state index is 13.9. The highest BCUT2D eigenvalue weighted by Crippen LogP contribution is 2.54. The molecule has 2 aliphatic heterocycles. The van der Waals surface area contributed by atoms with Gasteiger partial charge in [0, 0.05) is 23.4 Å². The number of benzene rings is 3. The van der Waals surface area contributed by atoms with E-state index in [1.54, 1.807) is 28.0 Å². The highest BCUT2D eigenvalue weighted by molar-refractivity contribution is 8.01. The lowest BCUT2D eigenvalue weighted by molar-refractivity contribution is -0.123. The van der Waals surface area contributed by atoms with Gasteiger partial charge in [0.1, 0.15) is 5.82 Å². The zero-order valence-electron chi connectivity index (χ0n) is 17.0. The Hall–Kier alpha value is -3.63. The van der Waals surface area contributed by atoms with E-state index in [0.29, 0.717) is 30.0 Å². The number of fused-ring (bicyclic) bond motifs is 2. The summed E-state index contributed by atoms with van der Waals surface area (Å²) in [4.78, 5) is 29.5. The van der Waals surface area contributed by atoms with Gasteiger partial charge in [-0.1, -0.05) is 30.3 Å². The maximum atomic E-state index is 13.9. The molecule has 0 saturated carbocycles. The summed E-state index contributed by atoms with van der Waals surface area (Å²) in [6.07, 6.45) is 0. The van der Waals surface area contributed by atoms with Crippen LogP contribution < -0.4 is 4.90 Å². The van der Waals surface area contributed by atoms with Gasteiger partial charge in [-0.15, -0.1) is 11.8 Å². The molecule has 0 unspecified atom stereocenters. The summed E-state index contributed by atoms with van der Waals surface area (Å²) >= 11 is 1.45. The molecular weight excluding hydrogens is 425 g/mol. The molecule has 1 atom stereocenters. The van der Waals surface area contributed by atoms with Crippen molar-refractivity contribution in [1.82, 2.24) is 4.90 Å². The van der Waals surface area contributed by atoms with Gasteiger partial charge in [-0.05, 0) is 48.0 Å². The van der Waals surface area contributed by atoms with Gasteiger partial charge < -0.3 is 9.80 Å². The zero-order valence-corrected chi connectivity index (χ0v) is 17.8. The Bertz CT molecular complexity index is 1270. The van der Waals surface area contributed by atoms with Crippen LogP contribution in [0.5, 0.6) is 0 Å². The average Bonchev–Trinajstić information content (AvgIpc) is 3.36. The largest absolute Gasteiger partial charge is 0.311 e. The Morgan fingerprint density at radius 3 is 2.66 bits per heavy atom. The van der Waals surface area contributed by atoms with Crippen molar-refractivity contribution in [3.63, 3.8) is 0 Å². The first-order valence-electron chi connectivity index (χ1n) is 10.2. The number of rotatable bonds is 3. The van der Waals surface area contributed by atoms with E-state index in [9.17, 15) is 19.2 Å². The lowest BCUT2D eigenvalue weighted by Gasteiger charge is -2.33. The second-order valence-electron chi connectivity index (χ2n) is 7.68. The zero-order chi connectivity index (χ0) is 22.3. The third-order valence-corrected chi connectivity index (χ3v) is 7.25. The summed E-state index contributed by atoms with van der Waals surface area (Å²) in [7, 11) is 0. The van der Waals surface area contributed by atoms with Gasteiger partial charge in [-0.3, -0.25) is 9.59 Å². The summed E-state index contributed by atoms with van der Waals surface area (Å²) in [5, 5.41) is 9.22. The lowest BCUT2D eigenvalue weighted by Crippen LogP contribution is -2.50. The molecule has 0 aromatic heterocycles. The SMILES string of the molecule is N#Cc1cccc(CN2C(=O)[C@@]3(SCCN3C(=O)c3ccc(F)cc3)c3ccccc32)c1. The van der Waals surface area contributed by atoms with Crippen molar-refractivity contribution in [3.8, 4) is 6.07 Å². The van der Waals surface area contributed by atoms with Crippen LogP contribution in [0.4, 0.5) is 10.1 Å². The van der Waals surface area contributed by atoms with Crippen molar-refractivity contribution in [1.29, 1.82) is 5.26 Å². The first-order valence-corrected chi connectivity index (χ1v) is 11.1.